The Bertz CT molecular complexity index is 352. The fraction of sp³-hybridized carbons (Fsp3) is 0.200. The lowest BCUT2D eigenvalue weighted by atomic mass is 10.2. The largest absolute Gasteiger partial charge is 0.495 e. The molecule has 0 saturated heterocycles. The van der Waals surface area contributed by atoms with Crippen LogP contribution in [-0.4, -0.2) is 13.7 Å². The summed E-state index contributed by atoms with van der Waals surface area (Å²) in [6.07, 6.45) is 3.38. The number of hydrogen-bond acceptors (Lipinski definition) is 2. The summed E-state index contributed by atoms with van der Waals surface area (Å²) >= 11 is 5.78. The molecule has 0 aliphatic rings. The van der Waals surface area contributed by atoms with Gasteiger partial charge in [0.05, 0.1) is 12.1 Å². The van der Waals surface area contributed by atoms with Crippen LogP contribution in [0.5, 0.6) is 5.75 Å². The third-order valence-electron chi connectivity index (χ3n) is 1.67. The highest BCUT2D eigenvalue weighted by Gasteiger charge is 2.07. The van der Waals surface area contributed by atoms with Gasteiger partial charge >= 0.3 is 0 Å². The topological polar surface area (TPSA) is 35.2 Å². The van der Waals surface area contributed by atoms with Crippen molar-refractivity contribution in [3.63, 3.8) is 0 Å². The summed E-state index contributed by atoms with van der Waals surface area (Å²) in [6.45, 7) is 0.386. The Kier molecular flexibility index (Phi) is 3.92. The Labute approximate surface area is 87.1 Å². The van der Waals surface area contributed by atoms with Crippen molar-refractivity contribution in [1.29, 1.82) is 0 Å². The van der Waals surface area contributed by atoms with Crippen molar-refractivity contribution < 1.29 is 9.13 Å². The molecule has 0 bridgehead atoms. The first-order chi connectivity index (χ1) is 6.69. The highest BCUT2D eigenvalue weighted by atomic mass is 35.5. The maximum atomic E-state index is 13.0. The number of benzene rings is 1. The first-order valence-electron chi connectivity index (χ1n) is 4.08. The lowest BCUT2D eigenvalue weighted by Gasteiger charge is -2.06. The van der Waals surface area contributed by atoms with Crippen molar-refractivity contribution in [2.24, 2.45) is 5.73 Å². The van der Waals surface area contributed by atoms with Crippen molar-refractivity contribution in [2.45, 2.75) is 0 Å². The van der Waals surface area contributed by atoms with Crippen molar-refractivity contribution in [1.82, 2.24) is 0 Å². The summed E-state index contributed by atoms with van der Waals surface area (Å²) in [5, 5.41) is 0.254. The first-order valence-corrected chi connectivity index (χ1v) is 4.46. The second-order valence-electron chi connectivity index (χ2n) is 2.65. The molecule has 1 aromatic rings. The third-order valence-corrected chi connectivity index (χ3v) is 1.96. The van der Waals surface area contributed by atoms with Crippen molar-refractivity contribution in [3.05, 3.63) is 34.6 Å². The summed E-state index contributed by atoms with van der Waals surface area (Å²) < 4.78 is 18.0. The van der Waals surface area contributed by atoms with E-state index in [9.17, 15) is 4.39 Å². The minimum absolute atomic E-state index is 0.254. The molecule has 0 saturated carbocycles. The molecular formula is C10H11ClFNO. The molecule has 0 aliphatic heterocycles. The minimum Gasteiger partial charge on any atom is -0.495 e. The molecule has 0 atom stereocenters. The van der Waals surface area contributed by atoms with E-state index < -0.39 is 5.82 Å². The molecule has 0 aromatic heterocycles. The monoisotopic (exact) mass is 215 g/mol. The first kappa shape index (κ1) is 11.0. The molecule has 76 valence electrons. The number of ether oxygens (including phenoxy) is 1. The molecule has 14 heavy (non-hydrogen) atoms. The van der Waals surface area contributed by atoms with E-state index in [-0.39, 0.29) is 5.02 Å². The molecule has 0 amide bonds. The number of hydrogen-bond donors (Lipinski definition) is 1. The second-order valence-corrected chi connectivity index (χ2v) is 3.06. The second kappa shape index (κ2) is 4.98. The molecule has 4 heteroatoms. The summed E-state index contributed by atoms with van der Waals surface area (Å²) in [5.74, 6) is 0.0604. The zero-order valence-corrected chi connectivity index (χ0v) is 8.51. The molecule has 0 unspecified atom stereocenters. The van der Waals surface area contributed by atoms with E-state index in [0.29, 0.717) is 17.9 Å². The molecule has 0 heterocycles. The van der Waals surface area contributed by atoms with Gasteiger partial charge in [-0.05, 0) is 12.1 Å². The van der Waals surface area contributed by atoms with Gasteiger partial charge in [-0.3, -0.25) is 0 Å². The van der Waals surface area contributed by atoms with Gasteiger partial charge in [0.15, 0.2) is 0 Å². The Morgan fingerprint density at radius 3 is 2.86 bits per heavy atom. The average Bonchev–Trinajstić information content (AvgIpc) is 2.14. The van der Waals surface area contributed by atoms with Crippen LogP contribution < -0.4 is 10.5 Å². The summed E-state index contributed by atoms with van der Waals surface area (Å²) in [5.41, 5.74) is 5.88. The highest BCUT2D eigenvalue weighted by molar-refractivity contribution is 6.32. The number of halogens is 2. The smallest absolute Gasteiger partial charge is 0.144 e. The molecule has 0 radical (unpaired) electrons. The van der Waals surface area contributed by atoms with Crippen LogP contribution in [0.1, 0.15) is 5.56 Å². The van der Waals surface area contributed by atoms with Crippen LogP contribution in [0.2, 0.25) is 5.02 Å². The number of methoxy groups -OCH3 is 1. The Balaban J connectivity index is 3.18. The lowest BCUT2D eigenvalue weighted by molar-refractivity contribution is 0.413. The summed E-state index contributed by atoms with van der Waals surface area (Å²) in [7, 11) is 1.49. The highest BCUT2D eigenvalue weighted by Crippen LogP contribution is 2.30. The van der Waals surface area contributed by atoms with Crippen LogP contribution in [0, 0.1) is 5.82 Å². The van der Waals surface area contributed by atoms with Gasteiger partial charge in [-0.15, -0.1) is 0 Å². The van der Waals surface area contributed by atoms with Crippen LogP contribution in [0.25, 0.3) is 6.08 Å². The standard InChI is InChI=1S/C10H11ClFNO/c1-14-10-7(3-2-4-13)5-8(12)6-9(10)11/h2-3,5-6H,4,13H2,1H3/b3-2+. The van der Waals surface area contributed by atoms with E-state index in [1.165, 1.54) is 19.2 Å². The van der Waals surface area contributed by atoms with Crippen LogP contribution in [0.4, 0.5) is 4.39 Å². The van der Waals surface area contributed by atoms with Crippen LogP contribution in [0.3, 0.4) is 0 Å². The fourth-order valence-electron chi connectivity index (χ4n) is 1.11. The van der Waals surface area contributed by atoms with E-state index in [1.54, 1.807) is 12.2 Å². The van der Waals surface area contributed by atoms with Gasteiger partial charge in [-0.25, -0.2) is 4.39 Å². The molecule has 2 N–H and O–H groups in total. The molecule has 1 aromatic carbocycles. The van der Waals surface area contributed by atoms with Gasteiger partial charge < -0.3 is 10.5 Å². The van der Waals surface area contributed by atoms with Crippen molar-refractivity contribution >= 4 is 17.7 Å². The molecule has 0 fully saturated rings. The molecule has 1 rings (SSSR count). The van der Waals surface area contributed by atoms with Gasteiger partial charge in [-0.2, -0.15) is 0 Å². The van der Waals surface area contributed by atoms with E-state index >= 15 is 0 Å². The van der Waals surface area contributed by atoms with E-state index in [0.717, 1.165) is 0 Å². The van der Waals surface area contributed by atoms with E-state index in [1.807, 2.05) is 0 Å². The average molecular weight is 216 g/mol. The molecule has 0 spiro atoms. The summed E-state index contributed by atoms with van der Waals surface area (Å²) in [4.78, 5) is 0. The predicted octanol–water partition coefficient (Wildman–Crippen LogP) is 2.46. The van der Waals surface area contributed by atoms with Crippen LogP contribution in [-0.2, 0) is 0 Å². The zero-order chi connectivity index (χ0) is 10.6. The molecule has 0 aliphatic carbocycles. The summed E-state index contributed by atoms with van der Waals surface area (Å²) in [6, 6.07) is 2.55. The van der Waals surface area contributed by atoms with Crippen molar-refractivity contribution in [3.8, 4) is 5.75 Å². The van der Waals surface area contributed by atoms with Gasteiger partial charge in [0, 0.05) is 12.1 Å². The van der Waals surface area contributed by atoms with Crippen molar-refractivity contribution in [2.75, 3.05) is 13.7 Å². The normalized spacial score (nSPS) is 10.9. The van der Waals surface area contributed by atoms with Gasteiger partial charge in [0.2, 0.25) is 0 Å². The van der Waals surface area contributed by atoms with Gasteiger partial charge in [0.25, 0.3) is 0 Å². The minimum atomic E-state index is -0.396. The Morgan fingerprint density at radius 2 is 2.29 bits per heavy atom. The Morgan fingerprint density at radius 1 is 1.57 bits per heavy atom. The maximum absolute atomic E-state index is 13.0. The zero-order valence-electron chi connectivity index (χ0n) is 7.76. The van der Waals surface area contributed by atoms with E-state index in [4.69, 9.17) is 22.1 Å². The van der Waals surface area contributed by atoms with Crippen LogP contribution in [0.15, 0.2) is 18.2 Å². The number of nitrogens with two attached hydrogens (primary N) is 1. The maximum Gasteiger partial charge on any atom is 0.144 e. The third kappa shape index (κ3) is 2.47. The predicted molar refractivity (Wildman–Crippen MR) is 56.1 cm³/mol. The van der Waals surface area contributed by atoms with E-state index in [2.05, 4.69) is 0 Å². The quantitative estimate of drug-likeness (QED) is 0.841. The fourth-order valence-corrected chi connectivity index (χ4v) is 1.40. The van der Waals surface area contributed by atoms with Gasteiger partial charge in [-0.1, -0.05) is 23.8 Å². The SMILES string of the molecule is COc1c(Cl)cc(F)cc1/C=C/CN. The lowest BCUT2D eigenvalue weighted by Crippen LogP contribution is -1.94. The number of rotatable bonds is 3. The Hall–Kier alpha value is -1.06. The molecule has 2 nitrogen and oxygen atoms in total. The molecular weight excluding hydrogens is 205 g/mol. The van der Waals surface area contributed by atoms with Gasteiger partial charge in [0.1, 0.15) is 11.6 Å². The van der Waals surface area contributed by atoms with Crippen LogP contribution >= 0.6 is 11.6 Å².